The van der Waals surface area contributed by atoms with Gasteiger partial charge in [0.1, 0.15) is 22.9 Å². The monoisotopic (exact) mass is 479 g/mol. The Kier molecular flexibility index (Phi) is 7.37. The van der Waals surface area contributed by atoms with Crippen LogP contribution in [0.5, 0.6) is 11.5 Å². The third-order valence-electron chi connectivity index (χ3n) is 4.52. The average molecular weight is 480 g/mol. The minimum absolute atomic E-state index is 0.0118. The molecule has 3 aromatic rings. The summed E-state index contributed by atoms with van der Waals surface area (Å²) in [4.78, 5) is 16.6. The van der Waals surface area contributed by atoms with Crippen molar-refractivity contribution in [2.24, 2.45) is 0 Å². The van der Waals surface area contributed by atoms with E-state index in [2.05, 4.69) is 15.5 Å². The quantitative estimate of drug-likeness (QED) is 0.494. The third-order valence-corrected chi connectivity index (χ3v) is 6.45. The van der Waals surface area contributed by atoms with Crippen LogP contribution in [0.3, 0.4) is 0 Å². The number of carbonyl (C=O) groups is 1. The number of sulfone groups is 1. The minimum Gasteiger partial charge on any atom is -0.497 e. The van der Waals surface area contributed by atoms with Crippen LogP contribution < -0.4 is 14.8 Å². The van der Waals surface area contributed by atoms with Crippen molar-refractivity contribution < 1.29 is 27.2 Å². The molecule has 3 rings (SSSR count). The molecule has 1 amide bonds. The topological polar surface area (TPSA) is 121 Å². The minimum atomic E-state index is -3.61. The predicted molar refractivity (Wildman–Crippen MR) is 118 cm³/mol. The van der Waals surface area contributed by atoms with Crippen molar-refractivity contribution in [3.05, 3.63) is 58.7 Å². The van der Waals surface area contributed by atoms with Gasteiger partial charge in [-0.3, -0.25) is 4.79 Å². The highest BCUT2D eigenvalue weighted by atomic mass is 35.5. The van der Waals surface area contributed by atoms with Crippen LogP contribution in [0.4, 0.5) is 5.69 Å². The molecule has 2 aromatic carbocycles. The number of aryl methyl sites for hydroxylation is 2. The fourth-order valence-corrected chi connectivity index (χ4v) is 4.25. The molecule has 0 unspecified atom stereocenters. The predicted octanol–water partition coefficient (Wildman–Crippen LogP) is 3.59. The van der Waals surface area contributed by atoms with Gasteiger partial charge in [0.15, 0.2) is 15.7 Å². The van der Waals surface area contributed by atoms with E-state index >= 15 is 0 Å². The van der Waals surface area contributed by atoms with Crippen LogP contribution in [0.1, 0.15) is 23.7 Å². The molecule has 0 saturated carbocycles. The Balaban J connectivity index is 1.61. The largest absolute Gasteiger partial charge is 0.497 e. The van der Waals surface area contributed by atoms with E-state index in [9.17, 15) is 13.2 Å². The smallest absolute Gasteiger partial charge is 0.227 e. The summed E-state index contributed by atoms with van der Waals surface area (Å²) in [6.07, 6.45) is 0.136. The highest BCUT2D eigenvalue weighted by Crippen LogP contribution is 2.36. The van der Waals surface area contributed by atoms with E-state index in [1.165, 1.54) is 26.4 Å². The molecule has 0 bridgehead atoms. The highest BCUT2D eigenvalue weighted by Gasteiger charge is 2.20. The van der Waals surface area contributed by atoms with Gasteiger partial charge in [0.05, 0.1) is 24.1 Å². The van der Waals surface area contributed by atoms with Crippen LogP contribution in [0, 0.1) is 6.92 Å². The number of hydrogen-bond donors (Lipinski definition) is 1. The number of benzene rings is 2. The molecule has 0 aliphatic carbocycles. The fraction of sp³-hybridized carbons (Fsp3) is 0.286. The second kappa shape index (κ2) is 10.0. The maximum atomic E-state index is 12.5. The zero-order valence-corrected chi connectivity index (χ0v) is 19.3. The third kappa shape index (κ3) is 5.77. The van der Waals surface area contributed by atoms with Crippen LogP contribution in [0.15, 0.2) is 45.8 Å². The molecule has 1 N–H and O–H groups in total. The lowest BCUT2D eigenvalue weighted by atomic mass is 10.2. The van der Waals surface area contributed by atoms with Gasteiger partial charge < -0.3 is 19.3 Å². The first kappa shape index (κ1) is 23.6. The van der Waals surface area contributed by atoms with E-state index in [4.69, 9.17) is 25.6 Å². The summed E-state index contributed by atoms with van der Waals surface area (Å²) in [5.41, 5.74) is 1.27. The zero-order chi connectivity index (χ0) is 23.3. The summed E-state index contributed by atoms with van der Waals surface area (Å²) in [6.45, 7) is 1.87. The van der Waals surface area contributed by atoms with Crippen LogP contribution in [-0.2, 0) is 26.8 Å². The molecule has 0 radical (unpaired) electrons. The van der Waals surface area contributed by atoms with Crippen molar-refractivity contribution >= 4 is 33.0 Å². The number of halogens is 1. The Hall–Kier alpha value is -3.11. The first-order valence-corrected chi connectivity index (χ1v) is 11.6. The number of ether oxygens (including phenoxy) is 2. The molecular weight excluding hydrogens is 458 g/mol. The van der Waals surface area contributed by atoms with E-state index in [-0.39, 0.29) is 40.4 Å². The number of aromatic nitrogens is 2. The van der Waals surface area contributed by atoms with E-state index in [0.717, 1.165) is 5.56 Å². The van der Waals surface area contributed by atoms with Crippen molar-refractivity contribution in [1.29, 1.82) is 0 Å². The molecule has 0 spiro atoms. The summed E-state index contributed by atoms with van der Waals surface area (Å²) in [6, 6.07) is 9.66. The van der Waals surface area contributed by atoms with Gasteiger partial charge >= 0.3 is 0 Å². The lowest BCUT2D eigenvalue weighted by Crippen LogP contribution is -2.13. The van der Waals surface area contributed by atoms with Gasteiger partial charge in [0.25, 0.3) is 0 Å². The molecule has 32 heavy (non-hydrogen) atoms. The van der Waals surface area contributed by atoms with Gasteiger partial charge in [-0.25, -0.2) is 8.42 Å². The van der Waals surface area contributed by atoms with Gasteiger partial charge in [-0.1, -0.05) is 34.5 Å². The number of carbonyl (C=O) groups excluding carboxylic acids is 1. The van der Waals surface area contributed by atoms with Crippen molar-refractivity contribution in [3.8, 4) is 11.5 Å². The molecule has 0 aliphatic heterocycles. The molecule has 0 fully saturated rings. The first-order valence-electron chi connectivity index (χ1n) is 9.54. The second-order valence-electron chi connectivity index (χ2n) is 6.91. The molecule has 1 aromatic heterocycles. The summed E-state index contributed by atoms with van der Waals surface area (Å²) in [5, 5.41) is 6.66. The summed E-state index contributed by atoms with van der Waals surface area (Å²) in [5.74, 6) is 0.267. The maximum absolute atomic E-state index is 12.5. The highest BCUT2D eigenvalue weighted by molar-refractivity contribution is 7.90. The normalized spacial score (nSPS) is 11.2. The van der Waals surface area contributed by atoms with Crippen LogP contribution in [-0.4, -0.2) is 38.7 Å². The molecule has 170 valence electrons. The summed E-state index contributed by atoms with van der Waals surface area (Å²) in [7, 11) is -0.666. The Morgan fingerprint density at radius 1 is 1.16 bits per heavy atom. The van der Waals surface area contributed by atoms with E-state index in [1.54, 1.807) is 24.3 Å². The molecule has 1 heterocycles. The zero-order valence-electron chi connectivity index (χ0n) is 17.7. The van der Waals surface area contributed by atoms with Crippen molar-refractivity contribution in [2.45, 2.75) is 30.4 Å². The second-order valence-corrected chi connectivity index (χ2v) is 9.31. The van der Waals surface area contributed by atoms with Crippen LogP contribution in [0.2, 0.25) is 5.02 Å². The SMILES string of the molecule is COc1cc(Cl)c(NC(=O)CCc2nc(CS(=O)(=O)c3ccc(C)cc3)no2)c(OC)c1. The van der Waals surface area contributed by atoms with Gasteiger partial charge in [0.2, 0.25) is 11.8 Å². The fourth-order valence-electron chi connectivity index (χ4n) is 2.83. The molecule has 9 nitrogen and oxygen atoms in total. The van der Waals surface area contributed by atoms with Gasteiger partial charge in [0, 0.05) is 25.0 Å². The van der Waals surface area contributed by atoms with Crippen molar-refractivity contribution in [1.82, 2.24) is 10.1 Å². The Labute approximate surface area is 190 Å². The number of rotatable bonds is 9. The summed E-state index contributed by atoms with van der Waals surface area (Å²) >= 11 is 6.20. The number of hydrogen-bond acceptors (Lipinski definition) is 8. The molecular formula is C21H22ClN3O6S. The number of anilines is 1. The van der Waals surface area contributed by atoms with Crippen LogP contribution in [0.25, 0.3) is 0 Å². The average Bonchev–Trinajstić information content (AvgIpc) is 3.20. The van der Waals surface area contributed by atoms with Crippen LogP contribution >= 0.6 is 11.6 Å². The van der Waals surface area contributed by atoms with Gasteiger partial charge in [-0.2, -0.15) is 4.98 Å². The Bertz CT molecular complexity index is 1210. The Morgan fingerprint density at radius 2 is 1.88 bits per heavy atom. The van der Waals surface area contributed by atoms with E-state index < -0.39 is 15.6 Å². The Morgan fingerprint density at radius 3 is 2.53 bits per heavy atom. The number of amides is 1. The lowest BCUT2D eigenvalue weighted by Gasteiger charge is -2.13. The van der Waals surface area contributed by atoms with E-state index in [0.29, 0.717) is 17.2 Å². The summed E-state index contributed by atoms with van der Waals surface area (Å²) < 4.78 is 40.5. The van der Waals surface area contributed by atoms with Gasteiger partial charge in [-0.05, 0) is 19.1 Å². The number of methoxy groups -OCH3 is 2. The molecule has 0 atom stereocenters. The van der Waals surface area contributed by atoms with E-state index in [1.807, 2.05) is 6.92 Å². The molecule has 0 saturated heterocycles. The van der Waals surface area contributed by atoms with Crippen molar-refractivity contribution in [3.63, 3.8) is 0 Å². The number of nitrogens with zero attached hydrogens (tertiary/aromatic N) is 2. The lowest BCUT2D eigenvalue weighted by molar-refractivity contribution is -0.116. The molecule has 0 aliphatic rings. The van der Waals surface area contributed by atoms with Gasteiger partial charge in [-0.15, -0.1) is 0 Å². The van der Waals surface area contributed by atoms with Crippen molar-refractivity contribution in [2.75, 3.05) is 19.5 Å². The standard InChI is InChI=1S/C21H22ClN3O6S/c1-13-4-6-15(7-5-13)32(27,28)12-18-23-20(31-25-18)9-8-19(26)24-21-16(22)10-14(29-2)11-17(21)30-3/h4-7,10-11H,8-9,12H2,1-3H3,(H,24,26). The maximum Gasteiger partial charge on any atom is 0.227 e. The first-order chi connectivity index (χ1) is 15.2. The molecule has 11 heteroatoms. The number of nitrogens with one attached hydrogen (secondary N) is 1.